The number of nitrogens with zero attached hydrogens (tertiary/aromatic N) is 3. The van der Waals surface area contributed by atoms with Crippen LogP contribution in [0.3, 0.4) is 0 Å². The lowest BCUT2D eigenvalue weighted by atomic mass is 10.1. The number of nitrogens with one attached hydrogen (secondary N) is 1. The van der Waals surface area contributed by atoms with E-state index in [4.69, 9.17) is 5.26 Å². The first-order valence-electron chi connectivity index (χ1n) is 6.15. The lowest BCUT2D eigenvalue weighted by Gasteiger charge is -2.12. The number of aryl methyl sites for hydroxylation is 2. The van der Waals surface area contributed by atoms with E-state index in [-0.39, 0.29) is 5.56 Å². The largest absolute Gasteiger partial charge is 0.417 e. The second kappa shape index (κ2) is 5.48. The summed E-state index contributed by atoms with van der Waals surface area (Å²) in [6, 6.07) is 5.13. The zero-order valence-corrected chi connectivity index (χ0v) is 11.5. The van der Waals surface area contributed by atoms with Crippen LogP contribution in [-0.4, -0.2) is 9.78 Å². The third kappa shape index (κ3) is 3.34. The van der Waals surface area contributed by atoms with E-state index in [1.165, 1.54) is 12.1 Å². The molecule has 0 aliphatic carbocycles. The van der Waals surface area contributed by atoms with E-state index in [1.54, 1.807) is 24.0 Å². The van der Waals surface area contributed by atoms with Gasteiger partial charge in [0.25, 0.3) is 0 Å². The number of nitriles is 1. The molecular weight excluding hydrogens is 281 g/mol. The van der Waals surface area contributed by atoms with Crippen LogP contribution in [0.1, 0.15) is 22.4 Å². The molecule has 0 saturated carbocycles. The summed E-state index contributed by atoms with van der Waals surface area (Å²) >= 11 is 0. The van der Waals surface area contributed by atoms with Crippen molar-refractivity contribution in [2.24, 2.45) is 7.05 Å². The first kappa shape index (κ1) is 14.9. The number of hydrogen-bond acceptors (Lipinski definition) is 3. The van der Waals surface area contributed by atoms with Crippen molar-refractivity contribution in [1.82, 2.24) is 9.78 Å². The highest BCUT2D eigenvalue weighted by Crippen LogP contribution is 2.33. The summed E-state index contributed by atoms with van der Waals surface area (Å²) in [7, 11) is 1.78. The van der Waals surface area contributed by atoms with Gasteiger partial charge in [0.05, 0.1) is 22.9 Å². The zero-order valence-electron chi connectivity index (χ0n) is 11.5. The summed E-state index contributed by atoms with van der Waals surface area (Å²) in [6.45, 7) is 2.19. The van der Waals surface area contributed by atoms with Crippen molar-refractivity contribution in [3.63, 3.8) is 0 Å². The van der Waals surface area contributed by atoms with E-state index >= 15 is 0 Å². The summed E-state index contributed by atoms with van der Waals surface area (Å²) in [6.07, 6.45) is -2.75. The third-order valence-corrected chi connectivity index (χ3v) is 3.04. The Morgan fingerprint density at radius 2 is 2.10 bits per heavy atom. The topological polar surface area (TPSA) is 53.6 Å². The summed E-state index contributed by atoms with van der Waals surface area (Å²) in [5.41, 5.74) is 0.707. The van der Waals surface area contributed by atoms with Crippen LogP contribution in [0.2, 0.25) is 0 Å². The smallest absolute Gasteiger partial charge is 0.381 e. The fourth-order valence-corrected chi connectivity index (χ4v) is 2.01. The van der Waals surface area contributed by atoms with Crippen LogP contribution in [-0.2, 0) is 19.8 Å². The maximum absolute atomic E-state index is 12.9. The molecule has 1 N–H and O–H groups in total. The Labute approximate surface area is 119 Å². The van der Waals surface area contributed by atoms with E-state index < -0.39 is 11.7 Å². The average Bonchev–Trinajstić information content (AvgIpc) is 2.73. The molecule has 1 heterocycles. The van der Waals surface area contributed by atoms with Crippen LogP contribution < -0.4 is 5.32 Å². The molecule has 110 valence electrons. The molecule has 0 atom stereocenters. The van der Waals surface area contributed by atoms with Gasteiger partial charge in [-0.25, -0.2) is 0 Å². The van der Waals surface area contributed by atoms with Gasteiger partial charge in [-0.3, -0.25) is 4.68 Å². The van der Waals surface area contributed by atoms with Crippen molar-refractivity contribution in [2.75, 3.05) is 5.32 Å². The Morgan fingerprint density at radius 1 is 1.38 bits per heavy atom. The fraction of sp³-hybridized carbons (Fsp3) is 0.286. The van der Waals surface area contributed by atoms with Crippen molar-refractivity contribution in [3.8, 4) is 6.07 Å². The van der Waals surface area contributed by atoms with Gasteiger partial charge >= 0.3 is 6.18 Å². The number of rotatable bonds is 3. The number of aromatic nitrogens is 2. The van der Waals surface area contributed by atoms with Gasteiger partial charge in [-0.2, -0.15) is 23.5 Å². The lowest BCUT2D eigenvalue weighted by molar-refractivity contribution is -0.137. The van der Waals surface area contributed by atoms with Gasteiger partial charge in [0.2, 0.25) is 0 Å². The minimum Gasteiger partial charge on any atom is -0.381 e. The van der Waals surface area contributed by atoms with Crippen molar-refractivity contribution < 1.29 is 13.2 Å². The second-order valence-electron chi connectivity index (χ2n) is 4.64. The first-order chi connectivity index (χ1) is 9.81. The van der Waals surface area contributed by atoms with Gasteiger partial charge < -0.3 is 5.32 Å². The van der Waals surface area contributed by atoms with Gasteiger partial charge in [-0.05, 0) is 25.1 Å². The van der Waals surface area contributed by atoms with Gasteiger partial charge in [0.15, 0.2) is 0 Å². The van der Waals surface area contributed by atoms with Crippen molar-refractivity contribution in [3.05, 3.63) is 46.8 Å². The van der Waals surface area contributed by atoms with E-state index in [0.29, 0.717) is 12.2 Å². The number of alkyl halides is 3. The molecule has 0 spiro atoms. The Morgan fingerprint density at radius 3 is 2.62 bits per heavy atom. The minimum atomic E-state index is -4.55. The molecule has 1 aromatic heterocycles. The number of halogens is 3. The van der Waals surface area contributed by atoms with Gasteiger partial charge in [0, 0.05) is 31.0 Å². The maximum Gasteiger partial charge on any atom is 0.417 e. The molecule has 21 heavy (non-hydrogen) atoms. The van der Waals surface area contributed by atoms with Crippen LogP contribution in [0.25, 0.3) is 0 Å². The fourth-order valence-electron chi connectivity index (χ4n) is 2.01. The summed E-state index contributed by atoms with van der Waals surface area (Å²) < 4.78 is 40.2. The van der Waals surface area contributed by atoms with E-state index in [0.717, 1.165) is 17.3 Å². The van der Waals surface area contributed by atoms with Crippen LogP contribution >= 0.6 is 0 Å². The highest BCUT2D eigenvalue weighted by Gasteiger charge is 2.33. The molecule has 4 nitrogen and oxygen atoms in total. The lowest BCUT2D eigenvalue weighted by Crippen LogP contribution is -2.09. The third-order valence-electron chi connectivity index (χ3n) is 3.04. The molecule has 0 amide bonds. The Hall–Kier alpha value is -2.49. The molecule has 0 fully saturated rings. The Kier molecular flexibility index (Phi) is 3.89. The molecule has 0 unspecified atom stereocenters. The highest BCUT2D eigenvalue weighted by molar-refractivity contribution is 5.53. The Bertz CT molecular complexity index is 695. The molecular formula is C14H13F3N4. The average molecular weight is 294 g/mol. The van der Waals surface area contributed by atoms with Crippen LogP contribution in [0.4, 0.5) is 18.9 Å². The van der Waals surface area contributed by atoms with Gasteiger partial charge in [-0.1, -0.05) is 0 Å². The molecule has 0 bridgehead atoms. The maximum atomic E-state index is 12.9. The summed E-state index contributed by atoms with van der Waals surface area (Å²) in [4.78, 5) is 0. The molecule has 2 rings (SSSR count). The SMILES string of the molecule is Cc1nn(C)cc1CNc1ccc(C#N)c(C(F)(F)F)c1. The highest BCUT2D eigenvalue weighted by atomic mass is 19.4. The van der Waals surface area contributed by atoms with Crippen LogP contribution in [0.15, 0.2) is 24.4 Å². The predicted octanol–water partition coefficient (Wildman–Crippen LogP) is 3.23. The van der Waals surface area contributed by atoms with E-state index in [2.05, 4.69) is 10.4 Å². The summed E-state index contributed by atoms with van der Waals surface area (Å²) in [5.74, 6) is 0. The molecule has 2 aromatic rings. The standard InChI is InChI=1S/C14H13F3N4/c1-9-11(8-21(2)20-9)7-19-12-4-3-10(6-18)13(5-12)14(15,16)17/h3-5,8,19H,7H2,1-2H3. The minimum absolute atomic E-state index is 0.310. The van der Waals surface area contributed by atoms with Crippen LogP contribution in [0, 0.1) is 18.3 Å². The number of benzene rings is 1. The van der Waals surface area contributed by atoms with Gasteiger partial charge in [-0.15, -0.1) is 0 Å². The molecule has 0 aliphatic rings. The monoisotopic (exact) mass is 294 g/mol. The molecule has 0 saturated heterocycles. The molecule has 0 radical (unpaired) electrons. The first-order valence-corrected chi connectivity index (χ1v) is 6.15. The van der Waals surface area contributed by atoms with E-state index in [9.17, 15) is 13.2 Å². The number of hydrogen-bond donors (Lipinski definition) is 1. The predicted molar refractivity (Wildman–Crippen MR) is 71.4 cm³/mol. The van der Waals surface area contributed by atoms with Gasteiger partial charge in [0.1, 0.15) is 0 Å². The molecule has 1 aromatic carbocycles. The van der Waals surface area contributed by atoms with Crippen molar-refractivity contribution >= 4 is 5.69 Å². The second-order valence-corrected chi connectivity index (χ2v) is 4.64. The van der Waals surface area contributed by atoms with Crippen LogP contribution in [0.5, 0.6) is 0 Å². The number of anilines is 1. The van der Waals surface area contributed by atoms with Crippen molar-refractivity contribution in [2.45, 2.75) is 19.6 Å². The molecule has 0 aliphatic heterocycles. The summed E-state index contributed by atoms with van der Waals surface area (Å²) in [5, 5.41) is 15.8. The quantitative estimate of drug-likeness (QED) is 0.945. The molecule has 7 heteroatoms. The zero-order chi connectivity index (χ0) is 15.6. The normalized spacial score (nSPS) is 11.2. The Balaban J connectivity index is 2.22. The van der Waals surface area contributed by atoms with Crippen molar-refractivity contribution in [1.29, 1.82) is 5.26 Å². The van der Waals surface area contributed by atoms with E-state index in [1.807, 2.05) is 6.92 Å².